The number of halogens is 1. The molecule has 1 aliphatic heterocycles. The van der Waals surface area contributed by atoms with Crippen LogP contribution in [-0.2, 0) is 9.84 Å². The topological polar surface area (TPSA) is 71.0 Å². The summed E-state index contributed by atoms with van der Waals surface area (Å²) >= 11 is 3.39. The van der Waals surface area contributed by atoms with E-state index in [-0.39, 0.29) is 5.75 Å². The lowest BCUT2D eigenvalue weighted by Gasteiger charge is -2.39. The number of benzene rings is 1. The standard InChI is InChI=1S/C17H26BrN3O3S/c1-4-19-16(21-10-12-25(22,23)17(2,3)13-21)20-9-11-24-15-7-5-14(18)6-8-15/h5-8H,4,9-13H2,1-3H3,(H,19,20). The molecule has 1 aromatic carbocycles. The first-order valence-electron chi connectivity index (χ1n) is 8.39. The zero-order chi connectivity index (χ0) is 18.5. The molecule has 1 saturated heterocycles. The van der Waals surface area contributed by atoms with Gasteiger partial charge in [0.05, 0.1) is 17.0 Å². The van der Waals surface area contributed by atoms with E-state index in [9.17, 15) is 8.42 Å². The Balaban J connectivity index is 1.95. The zero-order valence-electron chi connectivity index (χ0n) is 15.0. The van der Waals surface area contributed by atoms with Gasteiger partial charge in [0.15, 0.2) is 15.8 Å². The fourth-order valence-corrected chi connectivity index (χ4v) is 4.23. The third kappa shape index (κ3) is 5.34. The number of ether oxygens (including phenoxy) is 1. The van der Waals surface area contributed by atoms with Crippen molar-refractivity contribution in [1.29, 1.82) is 0 Å². The fourth-order valence-electron chi connectivity index (χ4n) is 2.60. The van der Waals surface area contributed by atoms with Crippen molar-refractivity contribution in [2.45, 2.75) is 25.5 Å². The highest BCUT2D eigenvalue weighted by atomic mass is 79.9. The molecular formula is C17H26BrN3O3S. The van der Waals surface area contributed by atoms with Crippen LogP contribution >= 0.6 is 15.9 Å². The van der Waals surface area contributed by atoms with Crippen molar-refractivity contribution < 1.29 is 13.2 Å². The molecule has 25 heavy (non-hydrogen) atoms. The van der Waals surface area contributed by atoms with Gasteiger partial charge in [0.25, 0.3) is 0 Å². The van der Waals surface area contributed by atoms with Crippen molar-refractivity contribution in [3.63, 3.8) is 0 Å². The summed E-state index contributed by atoms with van der Waals surface area (Å²) in [5.41, 5.74) is 0. The smallest absolute Gasteiger partial charge is 0.194 e. The second kappa shape index (κ2) is 8.40. The van der Waals surface area contributed by atoms with Crippen LogP contribution in [0.15, 0.2) is 33.7 Å². The van der Waals surface area contributed by atoms with E-state index in [0.29, 0.717) is 26.2 Å². The molecule has 0 aromatic heterocycles. The summed E-state index contributed by atoms with van der Waals surface area (Å²) < 4.78 is 30.2. The molecule has 0 aliphatic carbocycles. The Kier molecular flexibility index (Phi) is 6.73. The predicted octanol–water partition coefficient (Wildman–Crippen LogP) is 2.30. The minimum atomic E-state index is -3.06. The zero-order valence-corrected chi connectivity index (χ0v) is 17.4. The lowest BCUT2D eigenvalue weighted by molar-refractivity contribution is 0.323. The molecule has 2 rings (SSSR count). The number of rotatable bonds is 5. The maximum atomic E-state index is 12.2. The third-order valence-corrected chi connectivity index (χ3v) is 7.17. The summed E-state index contributed by atoms with van der Waals surface area (Å²) in [6.07, 6.45) is 0. The number of aliphatic imine (C=N–C) groups is 1. The van der Waals surface area contributed by atoms with Gasteiger partial charge in [-0.25, -0.2) is 13.4 Å². The van der Waals surface area contributed by atoms with E-state index in [0.717, 1.165) is 22.7 Å². The molecule has 0 atom stereocenters. The lowest BCUT2D eigenvalue weighted by Crippen LogP contribution is -2.57. The van der Waals surface area contributed by atoms with E-state index >= 15 is 0 Å². The Morgan fingerprint density at radius 3 is 2.64 bits per heavy atom. The summed E-state index contributed by atoms with van der Waals surface area (Å²) in [5, 5.41) is 3.24. The molecular weight excluding hydrogens is 406 g/mol. The molecule has 1 fully saturated rings. The number of nitrogens with one attached hydrogen (secondary N) is 1. The van der Waals surface area contributed by atoms with Crippen LogP contribution in [0.1, 0.15) is 20.8 Å². The van der Waals surface area contributed by atoms with E-state index in [1.807, 2.05) is 36.1 Å². The van der Waals surface area contributed by atoms with Crippen LogP contribution in [0, 0.1) is 0 Å². The number of hydrogen-bond acceptors (Lipinski definition) is 4. The molecule has 6 nitrogen and oxygen atoms in total. The van der Waals surface area contributed by atoms with Crippen LogP contribution in [0.4, 0.5) is 0 Å². The van der Waals surface area contributed by atoms with E-state index in [1.165, 1.54) is 0 Å². The summed E-state index contributed by atoms with van der Waals surface area (Å²) in [5.74, 6) is 1.69. The molecule has 0 bridgehead atoms. The van der Waals surface area contributed by atoms with Crippen molar-refractivity contribution in [2.75, 3.05) is 38.5 Å². The SMILES string of the molecule is CCNC(=NCCOc1ccc(Br)cc1)N1CCS(=O)(=O)C(C)(C)C1. The quantitative estimate of drug-likeness (QED) is 0.439. The second-order valence-corrected chi connectivity index (χ2v) is 10.2. The van der Waals surface area contributed by atoms with Crippen LogP contribution < -0.4 is 10.1 Å². The summed E-state index contributed by atoms with van der Waals surface area (Å²) in [4.78, 5) is 6.60. The summed E-state index contributed by atoms with van der Waals surface area (Å²) in [6, 6.07) is 7.66. The third-order valence-electron chi connectivity index (χ3n) is 4.11. The molecule has 1 N–H and O–H groups in total. The maximum Gasteiger partial charge on any atom is 0.194 e. The van der Waals surface area contributed by atoms with Gasteiger partial charge in [0, 0.05) is 24.1 Å². The molecule has 0 radical (unpaired) electrons. The number of sulfone groups is 1. The highest BCUT2D eigenvalue weighted by Crippen LogP contribution is 2.23. The minimum absolute atomic E-state index is 0.153. The first kappa shape index (κ1) is 20.0. The van der Waals surface area contributed by atoms with Gasteiger partial charge in [-0.05, 0) is 45.0 Å². The maximum absolute atomic E-state index is 12.2. The van der Waals surface area contributed by atoms with Gasteiger partial charge < -0.3 is 15.0 Å². The van der Waals surface area contributed by atoms with Crippen LogP contribution in [-0.4, -0.2) is 62.6 Å². The first-order valence-corrected chi connectivity index (χ1v) is 10.8. The van der Waals surface area contributed by atoms with Crippen molar-refractivity contribution in [2.24, 2.45) is 4.99 Å². The van der Waals surface area contributed by atoms with Gasteiger partial charge in [0.2, 0.25) is 0 Å². The number of nitrogens with zero attached hydrogens (tertiary/aromatic N) is 2. The number of hydrogen-bond donors (Lipinski definition) is 1. The van der Waals surface area contributed by atoms with Crippen molar-refractivity contribution >= 4 is 31.7 Å². The van der Waals surface area contributed by atoms with Gasteiger partial charge in [-0.15, -0.1) is 0 Å². The lowest BCUT2D eigenvalue weighted by atomic mass is 10.2. The van der Waals surface area contributed by atoms with Gasteiger partial charge in [0.1, 0.15) is 12.4 Å². The Morgan fingerprint density at radius 2 is 2.04 bits per heavy atom. The highest BCUT2D eigenvalue weighted by Gasteiger charge is 2.40. The van der Waals surface area contributed by atoms with E-state index < -0.39 is 14.6 Å². The van der Waals surface area contributed by atoms with Crippen LogP contribution in [0.3, 0.4) is 0 Å². The normalized spacial score (nSPS) is 19.5. The molecule has 140 valence electrons. The number of guanidine groups is 1. The van der Waals surface area contributed by atoms with Gasteiger partial charge in [-0.3, -0.25) is 0 Å². The molecule has 1 heterocycles. The van der Waals surface area contributed by atoms with Crippen LogP contribution in [0.5, 0.6) is 5.75 Å². The molecule has 0 spiro atoms. The largest absolute Gasteiger partial charge is 0.492 e. The van der Waals surface area contributed by atoms with Gasteiger partial charge >= 0.3 is 0 Å². The van der Waals surface area contributed by atoms with Crippen LogP contribution in [0.2, 0.25) is 0 Å². The molecule has 1 aliphatic rings. The Morgan fingerprint density at radius 1 is 1.36 bits per heavy atom. The van der Waals surface area contributed by atoms with Crippen molar-refractivity contribution in [3.8, 4) is 5.75 Å². The predicted molar refractivity (Wildman–Crippen MR) is 105 cm³/mol. The molecule has 1 aromatic rings. The highest BCUT2D eigenvalue weighted by molar-refractivity contribution is 9.10. The summed E-state index contributed by atoms with van der Waals surface area (Å²) in [7, 11) is -3.06. The molecule has 8 heteroatoms. The Labute approximate surface area is 158 Å². The fraction of sp³-hybridized carbons (Fsp3) is 0.588. The second-order valence-electron chi connectivity index (χ2n) is 6.54. The summed E-state index contributed by atoms with van der Waals surface area (Å²) in [6.45, 7) is 8.15. The van der Waals surface area contributed by atoms with E-state index in [2.05, 4.69) is 26.2 Å². The van der Waals surface area contributed by atoms with Gasteiger partial charge in [-0.1, -0.05) is 15.9 Å². The monoisotopic (exact) mass is 431 g/mol. The van der Waals surface area contributed by atoms with Crippen LogP contribution in [0.25, 0.3) is 0 Å². The Hall–Kier alpha value is -1.28. The average Bonchev–Trinajstić information content (AvgIpc) is 2.55. The van der Waals surface area contributed by atoms with Crippen molar-refractivity contribution in [3.05, 3.63) is 28.7 Å². The van der Waals surface area contributed by atoms with E-state index in [4.69, 9.17) is 4.74 Å². The Bertz CT molecular complexity index is 702. The molecule has 0 unspecified atom stereocenters. The molecule has 0 saturated carbocycles. The first-order chi connectivity index (χ1) is 11.7. The average molecular weight is 432 g/mol. The van der Waals surface area contributed by atoms with Crippen molar-refractivity contribution in [1.82, 2.24) is 10.2 Å². The van der Waals surface area contributed by atoms with Gasteiger partial charge in [-0.2, -0.15) is 0 Å². The molecule has 0 amide bonds. The minimum Gasteiger partial charge on any atom is -0.492 e. The van der Waals surface area contributed by atoms with E-state index in [1.54, 1.807) is 13.8 Å².